The van der Waals surface area contributed by atoms with E-state index in [4.69, 9.17) is 5.11 Å². The summed E-state index contributed by atoms with van der Waals surface area (Å²) in [5, 5.41) is 11.0. The van der Waals surface area contributed by atoms with E-state index in [2.05, 4.69) is 9.71 Å². The molecule has 0 unspecified atom stereocenters. The summed E-state index contributed by atoms with van der Waals surface area (Å²) in [6.45, 7) is 7.52. The molecule has 1 fully saturated rings. The fraction of sp³-hybridized carbons (Fsp3) is 0.818. The maximum Gasteiger partial charge on any atom is 0.404 e. The fourth-order valence-corrected chi connectivity index (χ4v) is 2.28. The van der Waals surface area contributed by atoms with E-state index < -0.39 is 17.5 Å². The van der Waals surface area contributed by atoms with Crippen LogP contribution in [0.3, 0.4) is 0 Å². The van der Waals surface area contributed by atoms with Crippen molar-refractivity contribution in [1.29, 1.82) is 0 Å². The van der Waals surface area contributed by atoms with Crippen LogP contribution in [0.5, 0.6) is 0 Å². The Balaban J connectivity index is 2.44. The van der Waals surface area contributed by atoms with Gasteiger partial charge >= 0.3 is 6.09 Å². The zero-order valence-electron chi connectivity index (χ0n) is 10.7. The van der Waals surface area contributed by atoms with Gasteiger partial charge in [-0.3, -0.25) is 0 Å². The second kappa shape index (κ2) is 5.27. The van der Waals surface area contributed by atoms with Crippen LogP contribution in [0, 0.1) is 5.92 Å². The van der Waals surface area contributed by atoms with Crippen molar-refractivity contribution >= 4 is 23.2 Å². The molecule has 0 radical (unpaired) electrons. The lowest BCUT2D eigenvalue weighted by atomic mass is 9.78. The molecule has 1 amide bonds. The van der Waals surface area contributed by atoms with Crippen molar-refractivity contribution in [2.24, 2.45) is 10.3 Å². The second-order valence-corrected chi connectivity index (χ2v) is 7.31. The van der Waals surface area contributed by atoms with Crippen molar-refractivity contribution in [2.45, 2.75) is 51.3 Å². The molecule has 0 aliphatic heterocycles. The van der Waals surface area contributed by atoms with E-state index in [-0.39, 0.29) is 16.7 Å². The van der Waals surface area contributed by atoms with Crippen molar-refractivity contribution in [1.82, 2.24) is 5.32 Å². The number of carbonyl (C=O) groups is 1. The third kappa shape index (κ3) is 4.20. The first kappa shape index (κ1) is 14.3. The SMILES string of the molecule is C/C(=N\[S@@+]([O-])C(C)(C)C)[C@H]1C[C@@H](NC(=O)O)C1. The third-order valence-corrected chi connectivity index (χ3v) is 4.31. The molecule has 2 N–H and O–H groups in total. The molecule has 1 aliphatic carbocycles. The molecule has 0 aromatic heterocycles. The van der Waals surface area contributed by atoms with Crippen molar-refractivity contribution < 1.29 is 14.5 Å². The lowest BCUT2D eigenvalue weighted by molar-refractivity contribution is 0.177. The lowest BCUT2D eigenvalue weighted by Gasteiger charge is -2.34. The minimum Gasteiger partial charge on any atom is -0.591 e. The van der Waals surface area contributed by atoms with Crippen LogP contribution in [0.1, 0.15) is 40.5 Å². The molecule has 0 saturated heterocycles. The topological polar surface area (TPSA) is 84.8 Å². The van der Waals surface area contributed by atoms with E-state index in [0.717, 1.165) is 18.6 Å². The summed E-state index contributed by atoms with van der Waals surface area (Å²) in [6.07, 6.45) is 0.521. The van der Waals surface area contributed by atoms with Gasteiger partial charge in [0.1, 0.15) is 16.1 Å². The molecule has 0 aromatic rings. The first-order chi connectivity index (χ1) is 7.70. The molecule has 1 rings (SSSR count). The number of nitrogens with zero attached hydrogens (tertiary/aromatic N) is 1. The maximum atomic E-state index is 11.8. The van der Waals surface area contributed by atoms with Crippen LogP contribution in [-0.4, -0.2) is 32.3 Å². The maximum absolute atomic E-state index is 11.8. The standard InChI is InChI=1S/C11H20N2O3S/c1-7(13-17(16)11(2,3)4)8-5-9(6-8)12-10(14)15/h8-9,12H,5-6H2,1-4H3,(H,14,15)/b13-7+/t8-,9+,17-/m0/s1. The molecular formula is C11H20N2O3S. The third-order valence-electron chi connectivity index (χ3n) is 2.81. The van der Waals surface area contributed by atoms with Gasteiger partial charge in [-0.15, -0.1) is 0 Å². The van der Waals surface area contributed by atoms with Crippen molar-refractivity contribution in [3.05, 3.63) is 0 Å². The Hall–Kier alpha value is -0.750. The highest BCUT2D eigenvalue weighted by atomic mass is 32.2. The Kier molecular flexibility index (Phi) is 4.43. The van der Waals surface area contributed by atoms with Crippen LogP contribution in [0.25, 0.3) is 0 Å². The molecule has 98 valence electrons. The summed E-state index contributed by atoms with van der Waals surface area (Å²) in [6, 6.07) is 0.0192. The number of nitrogens with one attached hydrogen (secondary N) is 1. The molecule has 1 aliphatic rings. The first-order valence-electron chi connectivity index (χ1n) is 5.67. The summed E-state index contributed by atoms with van der Waals surface area (Å²) < 4.78 is 15.6. The highest BCUT2D eigenvalue weighted by Crippen LogP contribution is 2.30. The van der Waals surface area contributed by atoms with Gasteiger partial charge < -0.3 is 15.0 Å². The predicted octanol–water partition coefficient (Wildman–Crippen LogP) is 1.96. The Morgan fingerprint density at radius 1 is 1.47 bits per heavy atom. The summed E-state index contributed by atoms with van der Waals surface area (Å²) in [7, 11) is 0. The first-order valence-corrected chi connectivity index (χ1v) is 6.77. The quantitative estimate of drug-likeness (QED) is 0.601. The summed E-state index contributed by atoms with van der Waals surface area (Å²) >= 11 is -1.23. The molecule has 0 spiro atoms. The van der Waals surface area contributed by atoms with Gasteiger partial charge in [-0.05, 0) is 40.5 Å². The van der Waals surface area contributed by atoms with E-state index in [1.807, 2.05) is 27.7 Å². The predicted molar refractivity (Wildman–Crippen MR) is 68.7 cm³/mol. The smallest absolute Gasteiger partial charge is 0.404 e. The molecule has 17 heavy (non-hydrogen) atoms. The Labute approximate surface area is 105 Å². The summed E-state index contributed by atoms with van der Waals surface area (Å²) in [5.41, 5.74) is 0.863. The van der Waals surface area contributed by atoms with Crippen molar-refractivity contribution in [3.63, 3.8) is 0 Å². The van der Waals surface area contributed by atoms with Crippen LogP contribution in [0.4, 0.5) is 4.79 Å². The van der Waals surface area contributed by atoms with Crippen molar-refractivity contribution in [3.8, 4) is 0 Å². The van der Waals surface area contributed by atoms with E-state index in [0.29, 0.717) is 0 Å². The highest BCUT2D eigenvalue weighted by molar-refractivity contribution is 7.91. The Morgan fingerprint density at radius 2 is 2.00 bits per heavy atom. The average molecular weight is 260 g/mol. The monoisotopic (exact) mass is 260 g/mol. The van der Waals surface area contributed by atoms with Gasteiger partial charge in [0, 0.05) is 12.0 Å². The molecular weight excluding hydrogens is 240 g/mol. The number of hydrogen-bond acceptors (Lipinski definition) is 3. The van der Waals surface area contributed by atoms with Crippen LogP contribution in [-0.2, 0) is 11.4 Å². The van der Waals surface area contributed by atoms with E-state index in [1.165, 1.54) is 0 Å². The van der Waals surface area contributed by atoms with Crippen LogP contribution in [0.15, 0.2) is 4.40 Å². The number of amides is 1. The van der Waals surface area contributed by atoms with Crippen molar-refractivity contribution in [2.75, 3.05) is 0 Å². The number of carboxylic acid groups (broad SMARTS) is 1. The molecule has 6 heteroatoms. The van der Waals surface area contributed by atoms with Gasteiger partial charge in [-0.1, -0.05) is 4.40 Å². The minimum absolute atomic E-state index is 0.0192. The van der Waals surface area contributed by atoms with Gasteiger partial charge in [-0.2, -0.15) is 0 Å². The van der Waals surface area contributed by atoms with E-state index in [1.54, 1.807) is 0 Å². The van der Waals surface area contributed by atoms with E-state index >= 15 is 0 Å². The van der Waals surface area contributed by atoms with Gasteiger partial charge in [0.2, 0.25) is 0 Å². The largest absolute Gasteiger partial charge is 0.591 e. The Morgan fingerprint density at radius 3 is 2.41 bits per heavy atom. The van der Waals surface area contributed by atoms with Gasteiger partial charge in [0.15, 0.2) is 0 Å². The summed E-state index contributed by atoms with van der Waals surface area (Å²) in [5.74, 6) is 0.262. The lowest BCUT2D eigenvalue weighted by Crippen LogP contribution is -2.46. The zero-order chi connectivity index (χ0) is 13.2. The number of hydrogen-bond donors (Lipinski definition) is 2. The van der Waals surface area contributed by atoms with Gasteiger partial charge in [-0.25, -0.2) is 4.79 Å². The highest BCUT2D eigenvalue weighted by Gasteiger charge is 2.34. The van der Waals surface area contributed by atoms with Crippen LogP contribution in [0.2, 0.25) is 0 Å². The second-order valence-electron chi connectivity index (χ2n) is 5.41. The van der Waals surface area contributed by atoms with Crippen LogP contribution >= 0.6 is 0 Å². The van der Waals surface area contributed by atoms with Crippen LogP contribution < -0.4 is 5.32 Å². The molecule has 0 heterocycles. The zero-order valence-corrected chi connectivity index (χ0v) is 11.5. The molecule has 1 atom stereocenters. The molecule has 5 nitrogen and oxygen atoms in total. The number of rotatable bonds is 3. The fourth-order valence-electron chi connectivity index (χ4n) is 1.59. The van der Waals surface area contributed by atoms with E-state index in [9.17, 15) is 9.35 Å². The molecule has 1 saturated carbocycles. The molecule has 0 aromatic carbocycles. The van der Waals surface area contributed by atoms with Gasteiger partial charge in [0.05, 0.1) is 5.71 Å². The molecule has 0 bridgehead atoms. The average Bonchev–Trinajstić information content (AvgIpc) is 2.08. The minimum atomic E-state index is -1.23. The Bertz CT molecular complexity index is 319. The van der Waals surface area contributed by atoms with Gasteiger partial charge in [0.25, 0.3) is 0 Å². The normalized spacial score (nSPS) is 27.2. The summed E-state index contributed by atoms with van der Waals surface area (Å²) in [4.78, 5) is 10.4.